The fraction of sp³-hybridized carbons (Fsp3) is 0.100. The predicted octanol–water partition coefficient (Wildman–Crippen LogP) is 3.69. The monoisotopic (exact) mass is 878 g/mol. The first kappa shape index (κ1) is 30.3. The minimum absolute atomic E-state index is 0. The van der Waals surface area contributed by atoms with Crippen LogP contribution in [0.5, 0.6) is 0 Å². The van der Waals surface area contributed by atoms with Gasteiger partial charge in [-0.15, -0.1) is 0 Å². The van der Waals surface area contributed by atoms with E-state index < -0.39 is 0 Å². The summed E-state index contributed by atoms with van der Waals surface area (Å²) < 4.78 is 5.37. The van der Waals surface area contributed by atoms with E-state index in [0.717, 1.165) is 11.4 Å². The molecule has 1 aliphatic heterocycles. The van der Waals surface area contributed by atoms with E-state index in [0.29, 0.717) is 24.7 Å². The Morgan fingerprint density at radius 2 is 1.25 bits per heavy atom. The maximum absolute atomic E-state index is 10.8. The van der Waals surface area contributed by atoms with Crippen LogP contribution in [0, 0.1) is 189 Å². The van der Waals surface area contributed by atoms with Crippen molar-refractivity contribution in [1.29, 1.82) is 0 Å². The molecule has 2 aromatic carbocycles. The van der Waals surface area contributed by atoms with Gasteiger partial charge in [0.1, 0.15) is 0 Å². The van der Waals surface area contributed by atoms with Crippen molar-refractivity contribution in [3.8, 4) is 0 Å². The minimum atomic E-state index is 0. The van der Waals surface area contributed by atoms with E-state index in [2.05, 4.69) is 24.3 Å². The molecule has 0 unspecified atom stereocenters. The molecule has 2 heterocycles. The fourth-order valence-electron chi connectivity index (χ4n) is 2.77. The third-order valence-electron chi connectivity index (χ3n) is 3.83. The number of aliphatic hydroxyl groups is 1. The Morgan fingerprint density at radius 1 is 0.786 bits per heavy atom. The summed E-state index contributed by atoms with van der Waals surface area (Å²) in [6.45, 7) is 1.38. The van der Waals surface area contributed by atoms with Gasteiger partial charge in [-0.3, -0.25) is 36.4 Å². The number of benzene rings is 2. The third kappa shape index (κ3) is 7.16. The summed E-state index contributed by atoms with van der Waals surface area (Å²) >= 11 is 0. The van der Waals surface area contributed by atoms with E-state index in [1.54, 1.807) is 12.1 Å². The maximum atomic E-state index is 10.8. The van der Waals surface area contributed by atoms with Gasteiger partial charge in [0, 0.05) is 178 Å². The van der Waals surface area contributed by atoms with E-state index in [1.165, 1.54) is 6.26 Å². The summed E-state index contributed by atoms with van der Waals surface area (Å²) in [7, 11) is 0. The van der Waals surface area contributed by atoms with Gasteiger partial charge in [0.2, 0.25) is 0 Å². The number of furan rings is 1. The molecule has 1 N–H and O–H groups in total. The Hall–Kier alpha value is 2.31. The van der Waals surface area contributed by atoms with Crippen molar-refractivity contribution in [3.63, 3.8) is 0 Å². The average molecular weight is 878 g/mol. The first-order valence-corrected chi connectivity index (χ1v) is 7.63. The average Bonchev–Trinajstić information content (AvgIpc) is 3.32. The molecule has 1 saturated heterocycles. The molecular formula is C20H14N2O2Pr4-4. The Balaban J connectivity index is 0.00000182. The van der Waals surface area contributed by atoms with Gasteiger partial charge in [0.05, 0.1) is 6.26 Å². The van der Waals surface area contributed by atoms with Gasteiger partial charge in [-0.25, -0.2) is 11.4 Å². The summed E-state index contributed by atoms with van der Waals surface area (Å²) in [5, 5.41) is 10.8. The number of rotatable bonds is 3. The Morgan fingerprint density at radius 3 is 1.64 bits per heavy atom. The molecular weight excluding hydrogens is 864 g/mol. The van der Waals surface area contributed by atoms with Crippen molar-refractivity contribution in [3.05, 3.63) is 90.6 Å². The molecule has 0 atom stereocenters. The molecule has 1 aliphatic rings. The SMILES string of the molecule is OC(=C1N(c2[c-]ccc[c-]2)CCN1c1[c-]ccc[c-]1)c1ccco1.[Pr].[Pr].[Pr].[Pr]. The van der Waals surface area contributed by atoms with Gasteiger partial charge in [0.25, 0.3) is 0 Å². The Labute approximate surface area is 298 Å². The zero-order valence-electron chi connectivity index (χ0n) is 15.2. The van der Waals surface area contributed by atoms with Crippen LogP contribution in [-0.4, -0.2) is 18.2 Å². The molecule has 8 heteroatoms. The van der Waals surface area contributed by atoms with E-state index in [1.807, 2.05) is 46.2 Å². The predicted molar refractivity (Wildman–Crippen MR) is 91.2 cm³/mol. The molecule has 132 valence electrons. The second-order valence-corrected chi connectivity index (χ2v) is 5.28. The number of anilines is 2. The van der Waals surface area contributed by atoms with Gasteiger partial charge in [-0.05, 0) is 12.1 Å². The second kappa shape index (κ2) is 15.2. The number of hydrogen-bond acceptors (Lipinski definition) is 4. The normalized spacial score (nSPS) is 12.2. The summed E-state index contributed by atoms with van der Waals surface area (Å²) in [5.41, 5.74) is 1.54. The first-order valence-electron chi connectivity index (χ1n) is 7.63. The van der Waals surface area contributed by atoms with Crippen LogP contribution in [0.1, 0.15) is 5.76 Å². The molecule has 0 spiro atoms. The maximum Gasteiger partial charge on any atom is 0.200 e. The van der Waals surface area contributed by atoms with Crippen molar-refractivity contribution in [2.75, 3.05) is 22.9 Å². The number of para-hydroxylation sites is 2. The van der Waals surface area contributed by atoms with Crippen molar-refractivity contribution in [1.82, 2.24) is 0 Å². The molecule has 1 aromatic heterocycles. The van der Waals surface area contributed by atoms with Gasteiger partial charge in [-0.2, -0.15) is 0 Å². The molecule has 4 nitrogen and oxygen atoms in total. The van der Waals surface area contributed by atoms with E-state index in [-0.39, 0.29) is 171 Å². The summed E-state index contributed by atoms with van der Waals surface area (Å²) in [6, 6.07) is 27.2. The molecule has 1 fully saturated rings. The van der Waals surface area contributed by atoms with Crippen LogP contribution in [0.15, 0.2) is 65.0 Å². The first-order chi connectivity index (χ1) is 11.8. The molecule has 3 aromatic rings. The van der Waals surface area contributed by atoms with Crippen molar-refractivity contribution in [2.45, 2.75) is 0 Å². The molecule has 0 saturated carbocycles. The van der Waals surface area contributed by atoms with Crippen molar-refractivity contribution in [2.24, 2.45) is 0 Å². The number of aliphatic hydroxyl groups excluding tert-OH is 1. The van der Waals surface area contributed by atoms with Crippen molar-refractivity contribution >= 4 is 17.1 Å². The quantitative estimate of drug-likeness (QED) is 0.323. The van der Waals surface area contributed by atoms with Crippen LogP contribution in [0.25, 0.3) is 5.76 Å². The molecule has 0 amide bonds. The zero-order valence-corrected chi connectivity index (χ0v) is 30.0. The fourth-order valence-corrected chi connectivity index (χ4v) is 2.77. The summed E-state index contributed by atoms with van der Waals surface area (Å²) in [5.74, 6) is 1.09. The Kier molecular flexibility index (Phi) is 16.5. The van der Waals surface area contributed by atoms with Gasteiger partial charge in [-0.1, -0.05) is 0 Å². The van der Waals surface area contributed by atoms with Crippen LogP contribution in [-0.2, 0) is 0 Å². The third-order valence-corrected chi connectivity index (χ3v) is 3.83. The Bertz CT molecular complexity index is 794. The van der Waals surface area contributed by atoms with Gasteiger partial charge < -0.3 is 43.6 Å². The van der Waals surface area contributed by atoms with Crippen LogP contribution in [0.2, 0.25) is 0 Å². The van der Waals surface area contributed by atoms with E-state index >= 15 is 0 Å². The van der Waals surface area contributed by atoms with E-state index in [4.69, 9.17) is 4.42 Å². The van der Waals surface area contributed by atoms with Crippen LogP contribution < -0.4 is 9.80 Å². The minimum Gasteiger partial charge on any atom is -0.502 e. The largest absolute Gasteiger partial charge is 0.502 e. The topological polar surface area (TPSA) is 39.9 Å². The van der Waals surface area contributed by atoms with Crippen molar-refractivity contribution < 1.29 is 175 Å². The van der Waals surface area contributed by atoms with Gasteiger partial charge in [0.15, 0.2) is 17.3 Å². The standard InChI is InChI=1S/C20H14N2O2.4Pr/c23-19(18-12-7-15-24-18)20-21(16-8-3-1-4-9-16)13-14-22(20)17-10-5-2-6-11-17;;;;/h1-7,12,15,23H,13-14H2;;;;/q-4;;;;. The zero-order chi connectivity index (χ0) is 16.4. The van der Waals surface area contributed by atoms with E-state index in [9.17, 15) is 5.11 Å². The molecule has 28 heavy (non-hydrogen) atoms. The van der Waals surface area contributed by atoms with Crippen LogP contribution >= 0.6 is 0 Å². The summed E-state index contributed by atoms with van der Waals surface area (Å²) in [6.07, 6.45) is 1.54. The molecule has 4 rings (SSSR count). The molecule has 4 radical (unpaired) electrons. The summed E-state index contributed by atoms with van der Waals surface area (Å²) in [4.78, 5) is 3.93. The van der Waals surface area contributed by atoms with Crippen LogP contribution in [0.4, 0.5) is 11.4 Å². The van der Waals surface area contributed by atoms with Gasteiger partial charge >= 0.3 is 0 Å². The van der Waals surface area contributed by atoms with Crippen LogP contribution in [0.3, 0.4) is 0 Å². The second-order valence-electron chi connectivity index (χ2n) is 5.28. The number of nitrogens with zero attached hydrogens (tertiary/aromatic N) is 2. The number of hydrogen-bond donors (Lipinski definition) is 1. The molecule has 0 aliphatic carbocycles. The molecule has 0 bridgehead atoms. The smallest absolute Gasteiger partial charge is 0.200 e.